The van der Waals surface area contributed by atoms with E-state index in [9.17, 15) is 37.6 Å². The molecule has 0 bridgehead atoms. The van der Waals surface area contributed by atoms with Crippen molar-refractivity contribution < 1.29 is 36.8 Å². The Morgan fingerprint density at radius 2 is 1.68 bits per heavy atom. The van der Waals surface area contributed by atoms with Crippen LogP contribution in [0.4, 0.5) is 35.9 Å². The second-order valence-electron chi connectivity index (χ2n) is 15.4. The molecule has 3 aliphatic rings. The van der Waals surface area contributed by atoms with Gasteiger partial charge in [0.15, 0.2) is 5.11 Å². The fourth-order valence-electron chi connectivity index (χ4n) is 8.20. The number of hydrogen-bond acceptors (Lipinski definition) is 9. The number of rotatable bonds is 8. The lowest BCUT2D eigenvalue weighted by Crippen LogP contribution is -2.47. The van der Waals surface area contributed by atoms with Gasteiger partial charge in [0.2, 0.25) is 17.7 Å². The number of thiocarbonyl (C=S) groups is 1. The van der Waals surface area contributed by atoms with Crippen LogP contribution in [0.3, 0.4) is 0 Å². The quantitative estimate of drug-likeness (QED) is 0.123. The van der Waals surface area contributed by atoms with Gasteiger partial charge in [-0.25, -0.2) is 0 Å². The number of halogens is 3. The third-order valence-electron chi connectivity index (χ3n) is 11.3. The highest BCUT2D eigenvalue weighted by Crippen LogP contribution is 2.41. The number of piperazine rings is 1. The summed E-state index contributed by atoms with van der Waals surface area (Å²) >= 11 is 5.68. The zero-order valence-corrected chi connectivity index (χ0v) is 32.9. The average Bonchev–Trinajstić information content (AvgIpc) is 3.71. The molecular formula is C43H38F3N7O5S. The summed E-state index contributed by atoms with van der Waals surface area (Å²) in [7, 11) is 0. The highest BCUT2D eigenvalue weighted by atomic mass is 32.1. The number of imide groups is 1. The van der Waals surface area contributed by atoms with Crippen LogP contribution < -0.4 is 25.3 Å². The first-order valence-electron chi connectivity index (χ1n) is 19.1. The summed E-state index contributed by atoms with van der Waals surface area (Å²) < 4.78 is 47.0. The number of nitrogens with one attached hydrogen (secondary N) is 2. The Hall–Kier alpha value is -6.31. The lowest BCUT2D eigenvalue weighted by Gasteiger charge is -2.36. The van der Waals surface area contributed by atoms with Crippen molar-refractivity contribution in [1.82, 2.24) is 10.2 Å². The number of alkyl halides is 3. The normalized spacial score (nSPS) is 18.8. The minimum atomic E-state index is -4.79. The molecule has 1 atom stereocenters. The van der Waals surface area contributed by atoms with Gasteiger partial charge in [-0.15, -0.1) is 0 Å². The molecule has 3 fully saturated rings. The fraction of sp³-hybridized carbons (Fsp3) is 0.302. The number of nitrogens with zero attached hydrogens (tertiary/aromatic N) is 5. The maximum Gasteiger partial charge on any atom is 0.417 e. The molecule has 302 valence electrons. The molecule has 3 aliphatic heterocycles. The number of carbonyl (C=O) groups is 4. The molecule has 8 rings (SSSR count). The topological polar surface area (TPSA) is 142 Å². The molecule has 3 saturated heterocycles. The molecule has 4 amide bonds. The van der Waals surface area contributed by atoms with Crippen molar-refractivity contribution in [3.05, 3.63) is 95.7 Å². The number of benzene rings is 4. The maximum atomic E-state index is 13.7. The largest absolute Gasteiger partial charge is 0.464 e. The Bertz CT molecular complexity index is 2590. The number of hydrogen-bond donors (Lipinski definition) is 2. The Balaban J connectivity index is 0.862. The molecule has 12 nitrogen and oxygen atoms in total. The number of carbonyl (C=O) groups excluding carboxylic acids is 4. The predicted molar refractivity (Wildman–Crippen MR) is 220 cm³/mol. The number of fused-ring (bicyclic) bond motifs is 3. The van der Waals surface area contributed by atoms with Gasteiger partial charge in [0.05, 0.1) is 35.1 Å². The van der Waals surface area contributed by atoms with E-state index in [0.717, 1.165) is 70.6 Å². The summed E-state index contributed by atoms with van der Waals surface area (Å²) in [6.45, 7) is 6.80. The number of piperidine rings is 1. The molecule has 59 heavy (non-hydrogen) atoms. The summed E-state index contributed by atoms with van der Waals surface area (Å²) in [4.78, 5) is 58.1. The fourth-order valence-corrected chi connectivity index (χ4v) is 8.72. The van der Waals surface area contributed by atoms with Gasteiger partial charge in [-0.1, -0.05) is 12.1 Å². The first kappa shape index (κ1) is 39.5. The van der Waals surface area contributed by atoms with Gasteiger partial charge in [-0.05, 0) is 104 Å². The monoisotopic (exact) mass is 821 g/mol. The summed E-state index contributed by atoms with van der Waals surface area (Å²) in [6.07, 6.45) is -2.23. The smallest absolute Gasteiger partial charge is 0.417 e. The van der Waals surface area contributed by atoms with Gasteiger partial charge < -0.3 is 19.5 Å². The second-order valence-corrected chi connectivity index (χ2v) is 15.7. The number of nitriles is 1. The van der Waals surface area contributed by atoms with Crippen molar-refractivity contribution in [1.29, 1.82) is 5.26 Å². The summed E-state index contributed by atoms with van der Waals surface area (Å²) in [5.41, 5.74) is 0.640. The predicted octanol–water partition coefficient (Wildman–Crippen LogP) is 7.06. The van der Waals surface area contributed by atoms with Crippen LogP contribution in [0, 0.1) is 11.3 Å². The molecule has 4 aromatic carbocycles. The Labute approximate surface area is 342 Å². The van der Waals surface area contributed by atoms with Crippen molar-refractivity contribution in [3.8, 4) is 6.07 Å². The number of furan rings is 1. The molecule has 1 unspecified atom stereocenters. The highest BCUT2D eigenvalue weighted by molar-refractivity contribution is 7.81. The van der Waals surface area contributed by atoms with Gasteiger partial charge in [0.25, 0.3) is 5.91 Å². The lowest BCUT2D eigenvalue weighted by molar-refractivity contribution is -0.138. The summed E-state index contributed by atoms with van der Waals surface area (Å²) in [5, 5.41) is 17.3. The van der Waals surface area contributed by atoms with Gasteiger partial charge in [-0.2, -0.15) is 18.4 Å². The van der Waals surface area contributed by atoms with Crippen LogP contribution >= 0.6 is 12.2 Å². The van der Waals surface area contributed by atoms with Crippen LogP contribution in [0.15, 0.2) is 83.5 Å². The number of amides is 4. The van der Waals surface area contributed by atoms with Crippen molar-refractivity contribution in [2.24, 2.45) is 0 Å². The minimum absolute atomic E-state index is 0.0279. The Morgan fingerprint density at radius 1 is 0.966 bits per heavy atom. The molecule has 2 N–H and O–H groups in total. The summed E-state index contributed by atoms with van der Waals surface area (Å²) in [6, 6.07) is 21.6. The zero-order valence-electron chi connectivity index (χ0n) is 32.1. The molecule has 5 aromatic rings. The van der Waals surface area contributed by atoms with Gasteiger partial charge in [-0.3, -0.25) is 34.3 Å². The minimum Gasteiger partial charge on any atom is -0.464 e. The molecule has 0 saturated carbocycles. The van der Waals surface area contributed by atoms with E-state index in [4.69, 9.17) is 16.6 Å². The molecule has 0 aliphatic carbocycles. The van der Waals surface area contributed by atoms with Crippen molar-refractivity contribution in [2.45, 2.75) is 50.7 Å². The Morgan fingerprint density at radius 3 is 2.37 bits per heavy atom. The zero-order chi connectivity index (χ0) is 41.8. The van der Waals surface area contributed by atoms with Crippen molar-refractivity contribution >= 4 is 85.5 Å². The Kier molecular flexibility index (Phi) is 10.1. The summed E-state index contributed by atoms with van der Waals surface area (Å²) in [5.74, 6) is -1.70. The van der Waals surface area contributed by atoms with E-state index in [-0.39, 0.29) is 34.9 Å². The molecule has 16 heteroatoms. The van der Waals surface area contributed by atoms with Gasteiger partial charge >= 0.3 is 6.18 Å². The molecule has 0 spiro atoms. The van der Waals surface area contributed by atoms with Crippen LogP contribution in [0.5, 0.6) is 0 Å². The van der Waals surface area contributed by atoms with Crippen LogP contribution in [0.1, 0.15) is 55.7 Å². The van der Waals surface area contributed by atoms with E-state index in [0.29, 0.717) is 36.3 Å². The molecule has 0 radical (unpaired) electrons. The first-order valence-corrected chi connectivity index (χ1v) is 19.5. The maximum absolute atomic E-state index is 13.7. The van der Waals surface area contributed by atoms with E-state index in [2.05, 4.69) is 20.4 Å². The van der Waals surface area contributed by atoms with Gasteiger partial charge in [0.1, 0.15) is 11.1 Å². The highest BCUT2D eigenvalue weighted by Gasteiger charge is 2.50. The average molecular weight is 822 g/mol. The van der Waals surface area contributed by atoms with E-state index >= 15 is 0 Å². The SMILES string of the molecule is CC1(C)C(=O)N(c2ccc(C#N)c(C(F)(F)F)c2)C(=S)N1c1ccc(N2CCN(CCC(=O)Nc3ccc4c(ccc5occ(C6CCC(=O)NC6=O)c54)c3)CC2)cc1. The van der Waals surface area contributed by atoms with Crippen molar-refractivity contribution in [3.63, 3.8) is 0 Å². The lowest BCUT2D eigenvalue weighted by atomic mass is 9.89. The molecule has 1 aromatic heterocycles. The van der Waals surface area contributed by atoms with E-state index in [1.165, 1.54) is 6.07 Å². The number of anilines is 4. The van der Waals surface area contributed by atoms with Crippen LogP contribution in [-0.4, -0.2) is 71.9 Å². The molecular weight excluding hydrogens is 784 g/mol. The third kappa shape index (κ3) is 7.36. The van der Waals surface area contributed by atoms with E-state index in [1.807, 2.05) is 54.6 Å². The van der Waals surface area contributed by atoms with Crippen LogP contribution in [0.2, 0.25) is 0 Å². The van der Waals surface area contributed by atoms with Crippen LogP contribution in [0.25, 0.3) is 21.7 Å². The third-order valence-corrected chi connectivity index (χ3v) is 11.7. The van der Waals surface area contributed by atoms with Gasteiger partial charge in [0, 0.05) is 73.6 Å². The standard InChI is InChI=1S/C43H38F3N7O5S/c1-42(2)40(57)52(30-6-3-26(23-47)34(22-30)43(44,45)46)41(59)53(42)29-9-7-28(8-10-29)51-19-17-50(18-20-51)16-15-37(55)48-27-5-11-31-25(21-27)4-13-35-38(31)33(24-58-35)32-12-14-36(54)49-39(32)56/h3-11,13,21-22,24,32H,12,14-20H2,1-2H3,(H,48,55)(H,49,54,56). The van der Waals surface area contributed by atoms with E-state index < -0.39 is 34.7 Å². The molecule has 4 heterocycles. The first-order chi connectivity index (χ1) is 28.1. The van der Waals surface area contributed by atoms with Crippen LogP contribution in [-0.2, 0) is 25.4 Å². The second kappa shape index (κ2) is 15.1. The van der Waals surface area contributed by atoms with Crippen molar-refractivity contribution in [2.75, 3.05) is 52.7 Å². The van der Waals surface area contributed by atoms with E-state index in [1.54, 1.807) is 31.1 Å².